The zero-order chi connectivity index (χ0) is 13.3. The number of hydrogen-bond acceptors (Lipinski definition) is 2. The third kappa shape index (κ3) is 2.44. The first-order chi connectivity index (χ1) is 9.17. The highest BCUT2D eigenvalue weighted by molar-refractivity contribution is 5.91. The van der Waals surface area contributed by atoms with E-state index in [9.17, 15) is 0 Å². The largest absolute Gasteiger partial charge is 0.366 e. The van der Waals surface area contributed by atoms with Crippen LogP contribution in [-0.4, -0.2) is 11.0 Å². The number of pyridine rings is 1. The van der Waals surface area contributed by atoms with Crippen LogP contribution in [-0.2, 0) is 0 Å². The van der Waals surface area contributed by atoms with Crippen molar-refractivity contribution in [1.82, 2.24) is 4.98 Å². The molecule has 3 rings (SSSR count). The molecule has 1 fully saturated rings. The number of nitrogens with zero attached hydrogens (tertiary/aromatic N) is 1. The van der Waals surface area contributed by atoms with Gasteiger partial charge in [-0.1, -0.05) is 51.0 Å². The SMILES string of the molecule is CC1(C)CCCCC1Nc1nccc2ccccc12. The molecule has 0 radical (unpaired) electrons. The van der Waals surface area contributed by atoms with E-state index in [1.54, 1.807) is 0 Å². The van der Waals surface area contributed by atoms with E-state index < -0.39 is 0 Å². The minimum absolute atomic E-state index is 0.358. The van der Waals surface area contributed by atoms with Gasteiger partial charge in [0.15, 0.2) is 0 Å². The Morgan fingerprint density at radius 1 is 1.16 bits per heavy atom. The smallest absolute Gasteiger partial charge is 0.134 e. The Morgan fingerprint density at radius 3 is 2.84 bits per heavy atom. The van der Waals surface area contributed by atoms with Gasteiger partial charge in [0.25, 0.3) is 0 Å². The lowest BCUT2D eigenvalue weighted by atomic mass is 9.73. The van der Waals surface area contributed by atoms with Crippen molar-refractivity contribution in [3.8, 4) is 0 Å². The maximum absolute atomic E-state index is 4.56. The molecule has 0 amide bonds. The molecule has 19 heavy (non-hydrogen) atoms. The topological polar surface area (TPSA) is 24.9 Å². The molecule has 1 atom stereocenters. The second-order valence-electron chi connectivity index (χ2n) is 6.31. The molecule has 1 aliphatic carbocycles. The molecular formula is C17H22N2. The second kappa shape index (κ2) is 4.84. The summed E-state index contributed by atoms with van der Waals surface area (Å²) >= 11 is 0. The molecule has 1 aromatic carbocycles. The van der Waals surface area contributed by atoms with Crippen LogP contribution in [0.15, 0.2) is 36.5 Å². The number of anilines is 1. The van der Waals surface area contributed by atoms with Crippen molar-refractivity contribution >= 4 is 16.6 Å². The lowest BCUT2D eigenvalue weighted by Crippen LogP contribution is -2.39. The van der Waals surface area contributed by atoms with Gasteiger partial charge in [0.1, 0.15) is 5.82 Å². The molecule has 1 aromatic heterocycles. The summed E-state index contributed by atoms with van der Waals surface area (Å²) in [5.74, 6) is 1.04. The third-order valence-electron chi connectivity index (χ3n) is 4.49. The Bertz CT molecular complexity index is 569. The molecule has 0 spiro atoms. The monoisotopic (exact) mass is 254 g/mol. The van der Waals surface area contributed by atoms with Gasteiger partial charge in [-0.15, -0.1) is 0 Å². The number of fused-ring (bicyclic) bond motifs is 1. The summed E-state index contributed by atoms with van der Waals surface area (Å²) in [6, 6.07) is 11.1. The van der Waals surface area contributed by atoms with E-state index in [-0.39, 0.29) is 0 Å². The number of nitrogens with one attached hydrogen (secondary N) is 1. The Labute approximate surface area is 115 Å². The van der Waals surface area contributed by atoms with Gasteiger partial charge in [-0.3, -0.25) is 0 Å². The van der Waals surface area contributed by atoms with Crippen LogP contribution in [0.4, 0.5) is 5.82 Å². The van der Waals surface area contributed by atoms with E-state index in [4.69, 9.17) is 0 Å². The molecule has 100 valence electrons. The van der Waals surface area contributed by atoms with Gasteiger partial charge in [0.05, 0.1) is 0 Å². The fourth-order valence-corrected chi connectivity index (χ4v) is 3.16. The van der Waals surface area contributed by atoms with E-state index in [1.165, 1.54) is 36.5 Å². The van der Waals surface area contributed by atoms with Crippen LogP contribution in [0.25, 0.3) is 10.8 Å². The molecule has 1 saturated carbocycles. The highest BCUT2D eigenvalue weighted by Crippen LogP contribution is 2.37. The van der Waals surface area contributed by atoms with Crippen LogP contribution < -0.4 is 5.32 Å². The van der Waals surface area contributed by atoms with Gasteiger partial charge in [-0.05, 0) is 29.7 Å². The molecule has 1 heterocycles. The van der Waals surface area contributed by atoms with Crippen LogP contribution in [0.1, 0.15) is 39.5 Å². The predicted octanol–water partition coefficient (Wildman–Crippen LogP) is 4.62. The van der Waals surface area contributed by atoms with Crippen molar-refractivity contribution in [3.63, 3.8) is 0 Å². The van der Waals surface area contributed by atoms with Crippen LogP contribution in [0.3, 0.4) is 0 Å². The Balaban J connectivity index is 1.93. The minimum Gasteiger partial charge on any atom is -0.366 e. The number of rotatable bonds is 2. The van der Waals surface area contributed by atoms with Crippen LogP contribution in [0, 0.1) is 5.41 Å². The second-order valence-corrected chi connectivity index (χ2v) is 6.31. The van der Waals surface area contributed by atoms with Crippen molar-refractivity contribution in [2.45, 2.75) is 45.6 Å². The molecule has 1 N–H and O–H groups in total. The Kier molecular flexibility index (Phi) is 3.17. The van der Waals surface area contributed by atoms with Crippen LogP contribution >= 0.6 is 0 Å². The van der Waals surface area contributed by atoms with E-state index in [0.717, 1.165) is 5.82 Å². The quantitative estimate of drug-likeness (QED) is 0.846. The van der Waals surface area contributed by atoms with Gasteiger partial charge < -0.3 is 5.32 Å². The Morgan fingerprint density at radius 2 is 2.00 bits per heavy atom. The maximum Gasteiger partial charge on any atom is 0.134 e. The number of aromatic nitrogens is 1. The first kappa shape index (κ1) is 12.5. The first-order valence-corrected chi connectivity index (χ1v) is 7.27. The highest BCUT2D eigenvalue weighted by atomic mass is 15.0. The molecule has 2 nitrogen and oxygen atoms in total. The summed E-state index contributed by atoms with van der Waals surface area (Å²) in [7, 11) is 0. The molecule has 2 aromatic rings. The molecular weight excluding hydrogens is 232 g/mol. The minimum atomic E-state index is 0.358. The average Bonchev–Trinajstić information content (AvgIpc) is 2.41. The van der Waals surface area contributed by atoms with Gasteiger partial charge in [0, 0.05) is 17.6 Å². The average molecular weight is 254 g/mol. The number of hydrogen-bond donors (Lipinski definition) is 1. The van der Waals surface area contributed by atoms with E-state index in [1.807, 2.05) is 6.20 Å². The van der Waals surface area contributed by atoms with Crippen molar-refractivity contribution in [1.29, 1.82) is 0 Å². The molecule has 0 aliphatic heterocycles. The van der Waals surface area contributed by atoms with Gasteiger partial charge in [-0.2, -0.15) is 0 Å². The van der Waals surface area contributed by atoms with Crippen molar-refractivity contribution in [2.75, 3.05) is 5.32 Å². The van der Waals surface area contributed by atoms with E-state index in [0.29, 0.717) is 11.5 Å². The zero-order valence-electron chi connectivity index (χ0n) is 11.8. The predicted molar refractivity (Wildman–Crippen MR) is 81.4 cm³/mol. The van der Waals surface area contributed by atoms with Crippen LogP contribution in [0.5, 0.6) is 0 Å². The number of benzene rings is 1. The van der Waals surface area contributed by atoms with Crippen molar-refractivity contribution < 1.29 is 0 Å². The summed E-state index contributed by atoms with van der Waals surface area (Å²) in [5.41, 5.74) is 0.358. The summed E-state index contributed by atoms with van der Waals surface area (Å²) in [4.78, 5) is 4.56. The summed E-state index contributed by atoms with van der Waals surface area (Å²) in [6.07, 6.45) is 7.13. The summed E-state index contributed by atoms with van der Waals surface area (Å²) < 4.78 is 0. The Hall–Kier alpha value is -1.57. The third-order valence-corrected chi connectivity index (χ3v) is 4.49. The zero-order valence-corrected chi connectivity index (χ0v) is 11.8. The highest BCUT2D eigenvalue weighted by Gasteiger charge is 2.32. The van der Waals surface area contributed by atoms with Gasteiger partial charge >= 0.3 is 0 Å². The normalized spacial score (nSPS) is 22.3. The van der Waals surface area contributed by atoms with E-state index >= 15 is 0 Å². The van der Waals surface area contributed by atoms with Gasteiger partial charge in [0.2, 0.25) is 0 Å². The van der Waals surface area contributed by atoms with E-state index in [2.05, 4.69) is 54.5 Å². The molecule has 1 unspecified atom stereocenters. The summed E-state index contributed by atoms with van der Waals surface area (Å²) in [5, 5.41) is 6.19. The van der Waals surface area contributed by atoms with Crippen molar-refractivity contribution in [3.05, 3.63) is 36.5 Å². The summed E-state index contributed by atoms with van der Waals surface area (Å²) in [6.45, 7) is 4.74. The lowest BCUT2D eigenvalue weighted by molar-refractivity contribution is 0.217. The molecule has 2 heteroatoms. The molecule has 1 aliphatic rings. The molecule has 0 saturated heterocycles. The molecule has 0 bridgehead atoms. The fourth-order valence-electron chi connectivity index (χ4n) is 3.16. The maximum atomic E-state index is 4.56. The lowest BCUT2D eigenvalue weighted by Gasteiger charge is -2.39. The first-order valence-electron chi connectivity index (χ1n) is 7.27. The van der Waals surface area contributed by atoms with Gasteiger partial charge in [-0.25, -0.2) is 4.98 Å². The van der Waals surface area contributed by atoms with Crippen molar-refractivity contribution in [2.24, 2.45) is 5.41 Å². The standard InChI is InChI=1S/C17H22N2/c1-17(2)11-6-5-9-15(17)19-16-14-8-4-3-7-13(14)10-12-18-16/h3-4,7-8,10,12,15H,5-6,9,11H2,1-2H3,(H,18,19). The van der Waals surface area contributed by atoms with Crippen LogP contribution in [0.2, 0.25) is 0 Å². The fraction of sp³-hybridized carbons (Fsp3) is 0.471.